The monoisotopic (exact) mass is 247 g/mol. The van der Waals surface area contributed by atoms with Gasteiger partial charge >= 0.3 is 0 Å². The number of anilines is 2. The summed E-state index contributed by atoms with van der Waals surface area (Å²) in [7, 11) is 0. The van der Waals surface area contributed by atoms with Crippen LogP contribution in [0.3, 0.4) is 0 Å². The van der Waals surface area contributed by atoms with Crippen molar-refractivity contribution in [1.29, 1.82) is 5.26 Å². The maximum Gasteiger partial charge on any atom is 0.187 e. The van der Waals surface area contributed by atoms with Gasteiger partial charge < -0.3 is 5.32 Å². The maximum absolute atomic E-state index is 13.4. The Kier molecular flexibility index (Phi) is 3.07. The molecule has 1 N–H and O–H groups in total. The molecule has 0 spiro atoms. The number of thiazole rings is 1. The molecule has 0 amide bonds. The van der Waals surface area contributed by atoms with Gasteiger partial charge in [0.1, 0.15) is 11.9 Å². The van der Waals surface area contributed by atoms with Gasteiger partial charge in [0, 0.05) is 10.6 Å². The molecule has 0 atom stereocenters. The number of nitriles is 1. The van der Waals surface area contributed by atoms with Crippen LogP contribution in [-0.2, 0) is 0 Å². The summed E-state index contributed by atoms with van der Waals surface area (Å²) in [5.74, 6) is -0.525. The average molecular weight is 247 g/mol. The lowest BCUT2D eigenvalue weighted by Crippen LogP contribution is -1.92. The Morgan fingerprint density at radius 3 is 2.71 bits per heavy atom. The van der Waals surface area contributed by atoms with E-state index in [0.29, 0.717) is 5.69 Å². The number of benzene rings is 1. The number of aryl methyl sites for hydroxylation is 2. The van der Waals surface area contributed by atoms with Gasteiger partial charge in [-0.3, -0.25) is 0 Å². The molecule has 0 unspecified atom stereocenters. The van der Waals surface area contributed by atoms with Crippen molar-refractivity contribution in [1.82, 2.24) is 4.98 Å². The van der Waals surface area contributed by atoms with Crippen LogP contribution in [0.4, 0.5) is 15.2 Å². The highest BCUT2D eigenvalue weighted by Gasteiger charge is 2.06. The van der Waals surface area contributed by atoms with Crippen LogP contribution in [0.25, 0.3) is 0 Å². The molecule has 0 fully saturated rings. The molecule has 1 aromatic heterocycles. The predicted octanol–water partition coefficient (Wildman–Crippen LogP) is 3.51. The summed E-state index contributed by atoms with van der Waals surface area (Å²) in [4.78, 5) is 5.42. The number of nitrogens with zero attached hydrogens (tertiary/aromatic N) is 2. The van der Waals surface area contributed by atoms with E-state index in [1.54, 1.807) is 12.1 Å². The predicted molar refractivity (Wildman–Crippen MR) is 66.0 cm³/mol. The highest BCUT2D eigenvalue weighted by atomic mass is 32.1. The van der Waals surface area contributed by atoms with Gasteiger partial charge in [-0.25, -0.2) is 9.37 Å². The number of hydrogen-bond donors (Lipinski definition) is 1. The van der Waals surface area contributed by atoms with Crippen LogP contribution in [0, 0.1) is 31.0 Å². The first-order valence-electron chi connectivity index (χ1n) is 5.01. The minimum absolute atomic E-state index is 0.0436. The third-order valence-electron chi connectivity index (χ3n) is 2.37. The first-order chi connectivity index (χ1) is 8.10. The molecule has 86 valence electrons. The summed E-state index contributed by atoms with van der Waals surface area (Å²) in [6.07, 6.45) is 0. The molecule has 0 radical (unpaired) electrons. The standard InChI is InChI=1S/C12H10FN3S/c1-7-8(2)17-12(15-7)16-10-4-3-9(6-14)11(13)5-10/h3-5H,1-2H3,(H,15,16). The molecular weight excluding hydrogens is 237 g/mol. The Bertz CT molecular complexity index is 579. The van der Waals surface area contributed by atoms with Crippen molar-refractivity contribution in [2.75, 3.05) is 5.32 Å². The quantitative estimate of drug-likeness (QED) is 0.883. The maximum atomic E-state index is 13.4. The van der Waals surface area contributed by atoms with Crippen LogP contribution in [0.15, 0.2) is 18.2 Å². The molecule has 0 aliphatic carbocycles. The molecule has 0 saturated heterocycles. The molecule has 1 heterocycles. The van der Waals surface area contributed by atoms with Gasteiger partial charge in [0.15, 0.2) is 5.13 Å². The van der Waals surface area contributed by atoms with E-state index in [4.69, 9.17) is 5.26 Å². The molecular formula is C12H10FN3S. The van der Waals surface area contributed by atoms with E-state index in [2.05, 4.69) is 10.3 Å². The highest BCUT2D eigenvalue weighted by molar-refractivity contribution is 7.15. The van der Waals surface area contributed by atoms with Crippen molar-refractivity contribution in [2.24, 2.45) is 0 Å². The van der Waals surface area contributed by atoms with Crippen LogP contribution in [0.2, 0.25) is 0 Å². The van der Waals surface area contributed by atoms with E-state index in [1.165, 1.54) is 23.5 Å². The Morgan fingerprint density at radius 1 is 1.41 bits per heavy atom. The minimum atomic E-state index is -0.525. The summed E-state index contributed by atoms with van der Waals surface area (Å²) < 4.78 is 13.4. The number of hydrogen-bond acceptors (Lipinski definition) is 4. The van der Waals surface area contributed by atoms with Crippen molar-refractivity contribution in [3.05, 3.63) is 40.2 Å². The zero-order chi connectivity index (χ0) is 12.4. The van der Waals surface area contributed by atoms with Crippen LogP contribution in [-0.4, -0.2) is 4.98 Å². The van der Waals surface area contributed by atoms with Gasteiger partial charge in [-0.2, -0.15) is 5.26 Å². The Labute approximate surface area is 103 Å². The molecule has 0 aliphatic rings. The lowest BCUT2D eigenvalue weighted by Gasteiger charge is -2.02. The van der Waals surface area contributed by atoms with E-state index >= 15 is 0 Å². The normalized spacial score (nSPS) is 10.0. The Morgan fingerprint density at radius 2 is 2.18 bits per heavy atom. The Balaban J connectivity index is 2.25. The van der Waals surface area contributed by atoms with E-state index in [0.717, 1.165) is 15.7 Å². The zero-order valence-electron chi connectivity index (χ0n) is 9.41. The summed E-state index contributed by atoms with van der Waals surface area (Å²) in [5, 5.41) is 12.4. The molecule has 0 bridgehead atoms. The number of nitrogens with one attached hydrogen (secondary N) is 1. The second-order valence-corrected chi connectivity index (χ2v) is 4.80. The smallest absolute Gasteiger partial charge is 0.187 e. The SMILES string of the molecule is Cc1nc(Nc2ccc(C#N)c(F)c2)sc1C. The summed E-state index contributed by atoms with van der Waals surface area (Å²) in [6, 6.07) is 6.19. The fraction of sp³-hybridized carbons (Fsp3) is 0.167. The third kappa shape index (κ3) is 2.43. The highest BCUT2D eigenvalue weighted by Crippen LogP contribution is 2.25. The molecule has 17 heavy (non-hydrogen) atoms. The Hall–Kier alpha value is -1.93. The van der Waals surface area contributed by atoms with Crippen molar-refractivity contribution in [3.63, 3.8) is 0 Å². The van der Waals surface area contributed by atoms with Crippen LogP contribution in [0.5, 0.6) is 0 Å². The van der Waals surface area contributed by atoms with Crippen LogP contribution >= 0.6 is 11.3 Å². The van der Waals surface area contributed by atoms with Crippen LogP contribution in [0.1, 0.15) is 16.1 Å². The van der Waals surface area contributed by atoms with E-state index < -0.39 is 5.82 Å². The first-order valence-corrected chi connectivity index (χ1v) is 5.82. The second-order valence-electron chi connectivity index (χ2n) is 3.59. The summed E-state index contributed by atoms with van der Waals surface area (Å²) in [6.45, 7) is 3.91. The van der Waals surface area contributed by atoms with Crippen molar-refractivity contribution >= 4 is 22.2 Å². The third-order valence-corrected chi connectivity index (χ3v) is 3.36. The number of rotatable bonds is 2. The second kappa shape index (κ2) is 4.52. The number of halogens is 1. The van der Waals surface area contributed by atoms with Gasteiger partial charge in [-0.15, -0.1) is 11.3 Å². The first kappa shape index (κ1) is 11.6. The average Bonchev–Trinajstić information content (AvgIpc) is 2.58. The van der Waals surface area contributed by atoms with Crippen molar-refractivity contribution < 1.29 is 4.39 Å². The molecule has 0 aliphatic heterocycles. The summed E-state index contributed by atoms with van der Waals surface area (Å²) in [5.41, 5.74) is 1.60. The van der Waals surface area contributed by atoms with E-state index in [9.17, 15) is 4.39 Å². The molecule has 1 aromatic carbocycles. The number of aromatic nitrogens is 1. The lowest BCUT2D eigenvalue weighted by atomic mass is 10.2. The van der Waals surface area contributed by atoms with Gasteiger partial charge in [-0.1, -0.05) is 0 Å². The molecule has 0 saturated carbocycles. The summed E-state index contributed by atoms with van der Waals surface area (Å²) >= 11 is 1.52. The fourth-order valence-electron chi connectivity index (χ4n) is 1.33. The van der Waals surface area contributed by atoms with Gasteiger partial charge in [0.05, 0.1) is 11.3 Å². The largest absolute Gasteiger partial charge is 0.331 e. The van der Waals surface area contributed by atoms with Crippen molar-refractivity contribution in [2.45, 2.75) is 13.8 Å². The topological polar surface area (TPSA) is 48.7 Å². The van der Waals surface area contributed by atoms with Crippen LogP contribution < -0.4 is 5.32 Å². The van der Waals surface area contributed by atoms with E-state index in [-0.39, 0.29) is 5.56 Å². The minimum Gasteiger partial charge on any atom is -0.331 e. The van der Waals surface area contributed by atoms with Gasteiger partial charge in [0.2, 0.25) is 0 Å². The zero-order valence-corrected chi connectivity index (χ0v) is 10.2. The van der Waals surface area contributed by atoms with Gasteiger partial charge in [-0.05, 0) is 32.0 Å². The fourth-order valence-corrected chi connectivity index (χ4v) is 2.17. The molecule has 2 aromatic rings. The van der Waals surface area contributed by atoms with Gasteiger partial charge in [0.25, 0.3) is 0 Å². The lowest BCUT2D eigenvalue weighted by molar-refractivity contribution is 0.624. The molecule has 3 nitrogen and oxygen atoms in total. The van der Waals surface area contributed by atoms with Crippen molar-refractivity contribution in [3.8, 4) is 6.07 Å². The molecule has 2 rings (SSSR count). The van der Waals surface area contributed by atoms with E-state index in [1.807, 2.05) is 13.8 Å². The molecule has 5 heteroatoms.